The van der Waals surface area contributed by atoms with Crippen LogP contribution in [-0.2, 0) is 17.7 Å². The first-order chi connectivity index (χ1) is 19.9. The standard InChI is InChI=1S/C31H39ClN2O6S/c1-34(35)33-19-22-15-20(16-28(36-2)25(22)7-6-14-41-24-10-8-23(32)9-11-24)26-12-13-27(40-26)21-17-29(37-3)31(39-5)30(18-21)38-4/h8-11,15-18,26-27,33,35H,6-7,12-14,19H2,1-5H3/t26-,27-/m1/s1. The molecule has 0 aliphatic carbocycles. The highest BCUT2D eigenvalue weighted by Gasteiger charge is 2.30. The van der Waals surface area contributed by atoms with Crippen LogP contribution in [0.25, 0.3) is 0 Å². The van der Waals surface area contributed by atoms with E-state index in [4.69, 9.17) is 35.3 Å². The second-order valence-corrected chi connectivity index (χ2v) is 11.4. The van der Waals surface area contributed by atoms with Crippen LogP contribution in [0.2, 0.25) is 5.02 Å². The number of hydrogen-bond donors (Lipinski definition) is 2. The molecule has 0 spiro atoms. The zero-order valence-corrected chi connectivity index (χ0v) is 25.8. The van der Waals surface area contributed by atoms with Gasteiger partial charge in [-0.05, 0) is 96.2 Å². The molecule has 0 saturated carbocycles. The molecular formula is C31H39ClN2O6S. The van der Waals surface area contributed by atoms with Crippen molar-refractivity contribution in [2.24, 2.45) is 0 Å². The maximum Gasteiger partial charge on any atom is 0.203 e. The molecule has 4 rings (SSSR count). The Hall–Kier alpha value is -2.66. The van der Waals surface area contributed by atoms with E-state index in [0.717, 1.165) is 69.6 Å². The molecular weight excluding hydrogens is 564 g/mol. The van der Waals surface area contributed by atoms with Gasteiger partial charge in [0.15, 0.2) is 11.5 Å². The highest BCUT2D eigenvalue weighted by molar-refractivity contribution is 7.99. The van der Waals surface area contributed by atoms with Crippen LogP contribution in [0.5, 0.6) is 23.0 Å². The third-order valence-electron chi connectivity index (χ3n) is 7.15. The van der Waals surface area contributed by atoms with Crippen molar-refractivity contribution in [3.05, 3.63) is 75.8 Å². The number of nitrogens with zero attached hydrogens (tertiary/aromatic N) is 1. The van der Waals surface area contributed by atoms with Crippen molar-refractivity contribution in [1.29, 1.82) is 0 Å². The summed E-state index contributed by atoms with van der Waals surface area (Å²) in [6.07, 6.45) is 3.29. The van der Waals surface area contributed by atoms with Crippen LogP contribution in [0.3, 0.4) is 0 Å². The molecule has 0 aromatic heterocycles. The van der Waals surface area contributed by atoms with E-state index in [2.05, 4.69) is 17.6 Å². The smallest absolute Gasteiger partial charge is 0.203 e. The minimum atomic E-state index is -0.116. The van der Waals surface area contributed by atoms with Gasteiger partial charge in [0.05, 0.1) is 40.6 Å². The van der Waals surface area contributed by atoms with Crippen molar-refractivity contribution in [3.8, 4) is 23.0 Å². The van der Waals surface area contributed by atoms with Gasteiger partial charge in [-0.3, -0.25) is 5.21 Å². The molecule has 3 aromatic rings. The summed E-state index contributed by atoms with van der Waals surface area (Å²) < 4.78 is 29.1. The Morgan fingerprint density at radius 1 is 0.902 bits per heavy atom. The van der Waals surface area contributed by atoms with Gasteiger partial charge in [0, 0.05) is 23.5 Å². The van der Waals surface area contributed by atoms with Gasteiger partial charge in [0.2, 0.25) is 5.75 Å². The molecule has 1 aliphatic rings. The number of rotatable bonds is 14. The van der Waals surface area contributed by atoms with Crippen LogP contribution in [0, 0.1) is 0 Å². The van der Waals surface area contributed by atoms with Crippen molar-refractivity contribution in [1.82, 2.24) is 10.6 Å². The zero-order chi connectivity index (χ0) is 29.4. The number of hydrazine groups is 1. The van der Waals surface area contributed by atoms with Gasteiger partial charge in [-0.1, -0.05) is 17.7 Å². The van der Waals surface area contributed by atoms with Crippen molar-refractivity contribution < 1.29 is 28.9 Å². The van der Waals surface area contributed by atoms with E-state index >= 15 is 0 Å². The van der Waals surface area contributed by atoms with E-state index < -0.39 is 0 Å². The summed E-state index contributed by atoms with van der Waals surface area (Å²) in [6, 6.07) is 16.1. The monoisotopic (exact) mass is 602 g/mol. The van der Waals surface area contributed by atoms with Crippen LogP contribution in [0.1, 0.15) is 53.7 Å². The number of hydrogen-bond acceptors (Lipinski definition) is 9. The van der Waals surface area contributed by atoms with Crippen molar-refractivity contribution in [3.63, 3.8) is 0 Å². The lowest BCUT2D eigenvalue weighted by Crippen LogP contribution is -2.30. The number of thioether (sulfide) groups is 1. The average molecular weight is 603 g/mol. The second-order valence-electron chi connectivity index (χ2n) is 9.77. The van der Waals surface area contributed by atoms with Crippen molar-refractivity contribution in [2.45, 2.75) is 49.3 Å². The quantitative estimate of drug-likeness (QED) is 0.115. The van der Waals surface area contributed by atoms with E-state index in [9.17, 15) is 5.21 Å². The Morgan fingerprint density at radius 3 is 2.05 bits per heavy atom. The molecule has 222 valence electrons. The average Bonchev–Trinajstić information content (AvgIpc) is 3.48. The van der Waals surface area contributed by atoms with Crippen molar-refractivity contribution >= 4 is 23.4 Å². The Balaban J connectivity index is 1.52. The zero-order valence-electron chi connectivity index (χ0n) is 24.2. The third kappa shape index (κ3) is 8.00. The molecule has 2 N–H and O–H groups in total. The van der Waals surface area contributed by atoms with Crippen LogP contribution >= 0.6 is 23.4 Å². The first-order valence-corrected chi connectivity index (χ1v) is 14.9. The molecule has 1 saturated heterocycles. The highest BCUT2D eigenvalue weighted by atomic mass is 35.5. The van der Waals surface area contributed by atoms with Gasteiger partial charge in [-0.2, -0.15) is 0 Å². The molecule has 0 unspecified atom stereocenters. The lowest BCUT2D eigenvalue weighted by Gasteiger charge is -2.21. The Morgan fingerprint density at radius 2 is 1.49 bits per heavy atom. The SMILES string of the molecule is COc1cc([C@H]2CC[C@H](c3cc(OC)c(OC)c(OC)c3)O2)cc(CNN(C)O)c1CCCSc1ccc(Cl)cc1. The molecule has 2 atom stereocenters. The summed E-state index contributed by atoms with van der Waals surface area (Å²) in [5, 5.41) is 11.5. The Bertz CT molecular complexity index is 1270. The number of methoxy groups -OCH3 is 4. The number of nitrogens with one attached hydrogen (secondary N) is 1. The van der Waals surface area contributed by atoms with E-state index in [1.165, 1.54) is 4.90 Å². The molecule has 1 aliphatic heterocycles. The largest absolute Gasteiger partial charge is 0.496 e. The normalized spacial score (nSPS) is 16.7. The fraction of sp³-hybridized carbons (Fsp3) is 0.419. The molecule has 0 amide bonds. The molecule has 3 aromatic carbocycles. The van der Waals surface area contributed by atoms with Gasteiger partial charge in [-0.15, -0.1) is 16.9 Å². The maximum atomic E-state index is 9.78. The van der Waals surface area contributed by atoms with Gasteiger partial charge >= 0.3 is 0 Å². The molecule has 1 heterocycles. The fourth-order valence-corrected chi connectivity index (χ4v) is 6.10. The minimum absolute atomic E-state index is 0.104. The summed E-state index contributed by atoms with van der Waals surface area (Å²) in [5.41, 5.74) is 7.22. The summed E-state index contributed by atoms with van der Waals surface area (Å²) in [6.45, 7) is 0.458. The van der Waals surface area contributed by atoms with Gasteiger partial charge in [0.1, 0.15) is 5.75 Å². The summed E-state index contributed by atoms with van der Waals surface area (Å²) >= 11 is 7.82. The van der Waals surface area contributed by atoms with Gasteiger partial charge in [0.25, 0.3) is 0 Å². The molecule has 8 nitrogen and oxygen atoms in total. The summed E-state index contributed by atoms with van der Waals surface area (Å²) in [5.74, 6) is 3.57. The molecule has 41 heavy (non-hydrogen) atoms. The molecule has 0 radical (unpaired) electrons. The number of hydroxylamine groups is 1. The summed E-state index contributed by atoms with van der Waals surface area (Å²) in [4.78, 5) is 1.19. The fourth-order valence-electron chi connectivity index (χ4n) is 5.12. The first-order valence-electron chi connectivity index (χ1n) is 13.6. The Kier molecular flexibility index (Phi) is 11.4. The van der Waals surface area contributed by atoms with Crippen LogP contribution in [0.4, 0.5) is 0 Å². The van der Waals surface area contributed by atoms with Crippen LogP contribution < -0.4 is 24.4 Å². The number of ether oxygens (including phenoxy) is 5. The van der Waals surface area contributed by atoms with Gasteiger partial charge < -0.3 is 23.7 Å². The molecule has 1 fully saturated rings. The van der Waals surface area contributed by atoms with Gasteiger partial charge in [-0.25, -0.2) is 5.43 Å². The lowest BCUT2D eigenvalue weighted by atomic mass is 9.95. The van der Waals surface area contributed by atoms with Crippen LogP contribution in [-0.4, -0.2) is 51.6 Å². The minimum Gasteiger partial charge on any atom is -0.496 e. The number of halogens is 1. The Labute approximate surface area is 251 Å². The topological polar surface area (TPSA) is 81.7 Å². The second kappa shape index (κ2) is 15.0. The predicted molar refractivity (Wildman–Crippen MR) is 162 cm³/mol. The first kappa shape index (κ1) is 31.3. The lowest BCUT2D eigenvalue weighted by molar-refractivity contribution is -0.114. The van der Waals surface area contributed by atoms with E-state index in [1.54, 1.807) is 47.2 Å². The van der Waals surface area contributed by atoms with Crippen LogP contribution in [0.15, 0.2) is 53.4 Å². The highest BCUT2D eigenvalue weighted by Crippen LogP contribution is 2.46. The number of benzene rings is 3. The van der Waals surface area contributed by atoms with Crippen molar-refractivity contribution in [2.75, 3.05) is 41.2 Å². The summed E-state index contributed by atoms with van der Waals surface area (Å²) in [7, 11) is 8.09. The van der Waals surface area contributed by atoms with E-state index in [0.29, 0.717) is 23.8 Å². The van der Waals surface area contributed by atoms with E-state index in [-0.39, 0.29) is 12.2 Å². The molecule has 10 heteroatoms. The maximum absolute atomic E-state index is 9.78. The van der Waals surface area contributed by atoms with E-state index in [1.807, 2.05) is 36.4 Å². The molecule has 0 bridgehead atoms. The predicted octanol–water partition coefficient (Wildman–Crippen LogP) is 7.02. The third-order valence-corrected chi connectivity index (χ3v) is 8.50.